The number of carboxylic acids is 2. The highest BCUT2D eigenvalue weighted by Gasteiger charge is 2.52. The molecule has 5 amide bonds. The molecule has 2 rings (SSSR count). The molecule has 0 aliphatic carbocycles. The smallest absolute Gasteiger partial charge is 0.346 e. The van der Waals surface area contributed by atoms with Gasteiger partial charge in [-0.2, -0.15) is 5.01 Å². The third kappa shape index (κ3) is 6.16. The summed E-state index contributed by atoms with van der Waals surface area (Å²) < 4.78 is 0. The minimum atomic E-state index is -1.71. The molecule has 0 aromatic heterocycles. The number of hydrogen-bond donors (Lipinski definition) is 4. The highest BCUT2D eigenvalue weighted by molar-refractivity contribution is 6.06. The van der Waals surface area contributed by atoms with Crippen LogP contribution in [0.25, 0.3) is 0 Å². The van der Waals surface area contributed by atoms with Gasteiger partial charge >= 0.3 is 18.0 Å². The van der Waals surface area contributed by atoms with Crippen LogP contribution in [0, 0.1) is 5.92 Å². The molecule has 13 nitrogen and oxygen atoms in total. The molecule has 0 saturated carbocycles. The largest absolute Gasteiger partial charge is 0.481 e. The molecule has 5 N–H and O–H groups in total. The Balaban J connectivity index is 2.52. The molecule has 196 valence electrons. The van der Waals surface area contributed by atoms with Crippen LogP contribution in [0.1, 0.15) is 38.3 Å². The number of amides is 5. The maximum Gasteiger partial charge on any atom is 0.346 e. The molecule has 1 aliphatic heterocycles. The van der Waals surface area contributed by atoms with Gasteiger partial charge in [-0.25, -0.2) is 14.6 Å². The van der Waals surface area contributed by atoms with Crippen LogP contribution in [0.3, 0.4) is 0 Å². The summed E-state index contributed by atoms with van der Waals surface area (Å²) in [6, 6.07) is 1.60. The van der Waals surface area contributed by atoms with Gasteiger partial charge in [0, 0.05) is 26.9 Å². The van der Waals surface area contributed by atoms with Gasteiger partial charge in [-0.3, -0.25) is 19.2 Å². The van der Waals surface area contributed by atoms with Gasteiger partial charge in [-0.1, -0.05) is 38.1 Å². The Kier molecular flexibility index (Phi) is 9.11. The van der Waals surface area contributed by atoms with Gasteiger partial charge in [0.05, 0.1) is 6.42 Å². The number of hydrogen-bond acceptors (Lipinski definition) is 7. The van der Waals surface area contributed by atoms with Crippen LogP contribution in [0.5, 0.6) is 0 Å². The van der Waals surface area contributed by atoms with E-state index in [1.165, 1.54) is 20.9 Å². The van der Waals surface area contributed by atoms with Crippen molar-refractivity contribution in [3.63, 3.8) is 0 Å². The Morgan fingerprint density at radius 2 is 1.64 bits per heavy atom. The quantitative estimate of drug-likeness (QED) is 0.295. The number of rotatable bonds is 11. The molecule has 36 heavy (non-hydrogen) atoms. The van der Waals surface area contributed by atoms with Gasteiger partial charge in [0.1, 0.15) is 12.1 Å². The lowest BCUT2D eigenvalue weighted by Gasteiger charge is -2.37. The van der Waals surface area contributed by atoms with Crippen molar-refractivity contribution in [1.82, 2.24) is 20.2 Å². The SMILES string of the molecule is CC(=O)N[C@@H](CC(=O)O)C(=O)N([C@H](C(=O)O)C(C)C)N1C(=O)C(Cc2ccc(CN)cc2)N(C)C1=O. The fourth-order valence-corrected chi connectivity index (χ4v) is 3.95. The molecule has 1 saturated heterocycles. The van der Waals surface area contributed by atoms with E-state index in [1.807, 2.05) is 0 Å². The number of urea groups is 1. The van der Waals surface area contributed by atoms with Gasteiger partial charge in [-0.15, -0.1) is 0 Å². The van der Waals surface area contributed by atoms with Gasteiger partial charge in [-0.05, 0) is 17.0 Å². The summed E-state index contributed by atoms with van der Waals surface area (Å²) in [6.45, 7) is 4.31. The molecule has 13 heteroatoms. The first-order chi connectivity index (χ1) is 16.8. The summed E-state index contributed by atoms with van der Waals surface area (Å²) >= 11 is 0. The second-order valence-electron chi connectivity index (χ2n) is 8.84. The summed E-state index contributed by atoms with van der Waals surface area (Å²) in [5.41, 5.74) is 7.17. The third-order valence-electron chi connectivity index (χ3n) is 5.78. The normalized spacial score (nSPS) is 17.2. The average Bonchev–Trinajstić information content (AvgIpc) is 2.99. The van der Waals surface area contributed by atoms with E-state index in [-0.39, 0.29) is 6.42 Å². The van der Waals surface area contributed by atoms with Crippen molar-refractivity contribution in [3.8, 4) is 0 Å². The lowest BCUT2D eigenvalue weighted by atomic mass is 10.0. The average molecular weight is 506 g/mol. The molecule has 3 atom stereocenters. The van der Waals surface area contributed by atoms with Crippen molar-refractivity contribution in [2.24, 2.45) is 11.7 Å². The topological polar surface area (TPSA) is 191 Å². The van der Waals surface area contributed by atoms with Gasteiger partial charge in [0.2, 0.25) is 5.91 Å². The predicted octanol–water partition coefficient (Wildman–Crippen LogP) is -0.217. The summed E-state index contributed by atoms with van der Waals surface area (Å²) in [5, 5.41) is 22.2. The molecule has 1 fully saturated rings. The summed E-state index contributed by atoms with van der Waals surface area (Å²) in [6.07, 6.45) is -0.809. The van der Waals surface area contributed by atoms with Crippen molar-refractivity contribution in [2.75, 3.05) is 7.05 Å². The number of likely N-dealkylation sites (N-methyl/N-ethyl adjacent to an activating group) is 1. The molecule has 0 bridgehead atoms. The fraction of sp³-hybridized carbons (Fsp3) is 0.478. The van der Waals surface area contributed by atoms with E-state index >= 15 is 0 Å². The van der Waals surface area contributed by atoms with Crippen LogP contribution in [0.15, 0.2) is 24.3 Å². The van der Waals surface area contributed by atoms with Crippen LogP contribution in [0.4, 0.5) is 4.79 Å². The Labute approximate surface area is 207 Å². The van der Waals surface area contributed by atoms with Crippen LogP contribution in [-0.2, 0) is 36.9 Å². The number of carbonyl (C=O) groups excluding carboxylic acids is 4. The van der Waals surface area contributed by atoms with Crippen molar-refractivity contribution in [1.29, 1.82) is 0 Å². The number of nitrogens with two attached hydrogens (primary N) is 1. The molecule has 1 heterocycles. The summed E-state index contributed by atoms with van der Waals surface area (Å²) in [4.78, 5) is 76.4. The molecule has 0 radical (unpaired) electrons. The van der Waals surface area contributed by atoms with Crippen molar-refractivity contribution in [2.45, 2.75) is 58.3 Å². The van der Waals surface area contributed by atoms with Gasteiger partial charge < -0.3 is 26.2 Å². The van der Waals surface area contributed by atoms with Gasteiger partial charge in [0.25, 0.3) is 11.8 Å². The Hall–Kier alpha value is -4.00. The maximum absolute atomic E-state index is 13.5. The van der Waals surface area contributed by atoms with Crippen LogP contribution in [-0.4, -0.2) is 86.0 Å². The number of hydrazine groups is 1. The van der Waals surface area contributed by atoms with E-state index in [0.29, 0.717) is 22.1 Å². The zero-order chi connectivity index (χ0) is 27.3. The van der Waals surface area contributed by atoms with Crippen LogP contribution >= 0.6 is 0 Å². The monoisotopic (exact) mass is 505 g/mol. The van der Waals surface area contributed by atoms with E-state index in [1.54, 1.807) is 24.3 Å². The minimum Gasteiger partial charge on any atom is -0.481 e. The zero-order valence-electron chi connectivity index (χ0n) is 20.5. The van der Waals surface area contributed by atoms with Gasteiger partial charge in [0.15, 0.2) is 6.04 Å². The van der Waals surface area contributed by atoms with Crippen LogP contribution < -0.4 is 11.1 Å². The fourth-order valence-electron chi connectivity index (χ4n) is 3.95. The molecular weight excluding hydrogens is 474 g/mol. The lowest BCUT2D eigenvalue weighted by Crippen LogP contribution is -2.63. The van der Waals surface area contributed by atoms with Crippen LogP contribution in [0.2, 0.25) is 0 Å². The minimum absolute atomic E-state index is 0.0775. The number of imide groups is 1. The maximum atomic E-state index is 13.5. The zero-order valence-corrected chi connectivity index (χ0v) is 20.5. The Morgan fingerprint density at radius 3 is 2.08 bits per heavy atom. The number of nitrogens with zero attached hydrogens (tertiary/aromatic N) is 3. The van der Waals surface area contributed by atoms with Crippen molar-refractivity contribution < 1.29 is 39.0 Å². The van der Waals surface area contributed by atoms with E-state index in [2.05, 4.69) is 5.32 Å². The highest BCUT2D eigenvalue weighted by atomic mass is 16.4. The third-order valence-corrected chi connectivity index (χ3v) is 5.78. The number of carboxylic acid groups (broad SMARTS) is 2. The number of aliphatic carboxylic acids is 2. The molecule has 1 aliphatic rings. The number of nitrogens with one attached hydrogen (secondary N) is 1. The first kappa shape index (κ1) is 28.2. The first-order valence-electron chi connectivity index (χ1n) is 11.2. The molecule has 0 spiro atoms. The van der Waals surface area contributed by atoms with E-state index in [9.17, 15) is 39.0 Å². The number of benzene rings is 1. The van der Waals surface area contributed by atoms with E-state index in [4.69, 9.17) is 5.73 Å². The van der Waals surface area contributed by atoms with E-state index < -0.39 is 66.2 Å². The molecule has 1 unspecified atom stereocenters. The first-order valence-corrected chi connectivity index (χ1v) is 11.2. The second-order valence-corrected chi connectivity index (χ2v) is 8.84. The molecule has 1 aromatic rings. The predicted molar refractivity (Wildman–Crippen MR) is 125 cm³/mol. The summed E-state index contributed by atoms with van der Waals surface area (Å²) in [7, 11) is 1.34. The Bertz CT molecular complexity index is 1030. The lowest BCUT2D eigenvalue weighted by molar-refractivity contribution is -0.172. The van der Waals surface area contributed by atoms with Crippen molar-refractivity contribution in [3.05, 3.63) is 35.4 Å². The summed E-state index contributed by atoms with van der Waals surface area (Å²) in [5.74, 6) is -6.57. The van der Waals surface area contributed by atoms with Crippen molar-refractivity contribution >= 4 is 35.7 Å². The second kappa shape index (κ2) is 11.6. The molecule has 1 aromatic carbocycles. The number of carbonyl (C=O) groups is 6. The van der Waals surface area contributed by atoms with E-state index in [0.717, 1.165) is 17.4 Å². The molecular formula is C23H31N5O8. The Morgan fingerprint density at radius 1 is 1.08 bits per heavy atom. The highest BCUT2D eigenvalue weighted by Crippen LogP contribution is 2.26. The standard InChI is InChI=1S/C23H31N5O8/c1-12(2)19(22(34)35)27(20(32)16(10-18(30)31)25-13(3)29)28-21(33)17(26(4)23(28)36)9-14-5-7-15(11-24)8-6-14/h5-8,12,16-17,19H,9-11,24H2,1-4H3,(H,25,29)(H,30,31)(H,34,35)/t16-,17?,19-/m0/s1.